The lowest BCUT2D eigenvalue weighted by atomic mass is 9.88. The van der Waals surface area contributed by atoms with Gasteiger partial charge >= 0.3 is 5.97 Å². The number of pyridine rings is 2. The molecule has 0 saturated heterocycles. The van der Waals surface area contributed by atoms with E-state index < -0.39 is 33.5 Å². The molecule has 13 nitrogen and oxygen atoms in total. The fourth-order valence-electron chi connectivity index (χ4n) is 6.17. The van der Waals surface area contributed by atoms with Crippen LogP contribution in [0.1, 0.15) is 71.4 Å². The number of ether oxygens (including phenoxy) is 1. The summed E-state index contributed by atoms with van der Waals surface area (Å²) in [7, 11) is -4.10. The number of aliphatic carboxylic acids is 1. The molecule has 1 aliphatic heterocycles. The molecule has 4 aromatic rings. The summed E-state index contributed by atoms with van der Waals surface area (Å²) in [6.45, 7) is 9.42. The van der Waals surface area contributed by atoms with E-state index in [1.165, 1.54) is 22.9 Å². The van der Waals surface area contributed by atoms with Gasteiger partial charge in [0.05, 0.1) is 22.7 Å². The number of amides is 1. The standard InChI is InChI=1S/C36H42N6O7S/c1-21-22(2)31(23(3)26-16-17-36(4,5)49-30(21)26)50(47,48)41-35(37)38-18-8-13-29(34(45)46)40-32(43)27-11-9-19-42(33(27)44)20-25-15-14-24-10-6-7-12-28(24)39-25/h6-7,9-12,14-15,19,29H,8,13,16-18,20H2,1-5H3,(H,40,43)(H,45,46)(H3,37,38,41)/t29-/m0/s1. The van der Waals surface area contributed by atoms with Gasteiger partial charge in [-0.05, 0) is 107 Å². The number of hydrogen-bond acceptors (Lipinski definition) is 8. The third-order valence-electron chi connectivity index (χ3n) is 8.96. The lowest BCUT2D eigenvalue weighted by Gasteiger charge is -2.35. The summed E-state index contributed by atoms with van der Waals surface area (Å²) >= 11 is 0. The number of nitrogens with zero attached hydrogens (tertiary/aromatic N) is 3. The molecule has 0 bridgehead atoms. The number of aliphatic imine (C=N–C) groups is 1. The molecule has 0 aliphatic carbocycles. The van der Waals surface area contributed by atoms with Gasteiger partial charge in [-0.1, -0.05) is 24.3 Å². The largest absolute Gasteiger partial charge is 0.487 e. The molecule has 0 saturated carbocycles. The van der Waals surface area contributed by atoms with Crippen LogP contribution in [0.3, 0.4) is 0 Å². The molecular formula is C36H42N6O7S. The molecule has 50 heavy (non-hydrogen) atoms. The van der Waals surface area contributed by atoms with Gasteiger partial charge in [-0.2, -0.15) is 0 Å². The maximum absolute atomic E-state index is 13.5. The molecule has 3 heterocycles. The van der Waals surface area contributed by atoms with Crippen molar-refractivity contribution in [2.75, 3.05) is 6.54 Å². The van der Waals surface area contributed by atoms with Gasteiger partial charge in [-0.15, -0.1) is 0 Å². The van der Waals surface area contributed by atoms with E-state index in [1.807, 2.05) is 51.1 Å². The van der Waals surface area contributed by atoms with E-state index in [-0.39, 0.29) is 48.0 Å². The highest BCUT2D eigenvalue weighted by molar-refractivity contribution is 7.90. The van der Waals surface area contributed by atoms with Crippen molar-refractivity contribution in [3.63, 3.8) is 0 Å². The fraction of sp³-hybridized carbons (Fsp3) is 0.361. The highest BCUT2D eigenvalue weighted by Crippen LogP contribution is 2.42. The number of aromatic nitrogens is 2. The summed E-state index contributed by atoms with van der Waals surface area (Å²) in [4.78, 5) is 47.0. The Morgan fingerprint density at radius 3 is 2.56 bits per heavy atom. The van der Waals surface area contributed by atoms with Gasteiger partial charge in [0, 0.05) is 18.1 Å². The van der Waals surface area contributed by atoms with Crippen LogP contribution in [0.2, 0.25) is 0 Å². The van der Waals surface area contributed by atoms with Crippen LogP contribution < -0.4 is 26.1 Å². The number of rotatable bonds is 11. The third-order valence-corrected chi connectivity index (χ3v) is 10.6. The number of carbonyl (C=O) groups is 2. The summed E-state index contributed by atoms with van der Waals surface area (Å²) in [5.74, 6) is -1.76. The monoisotopic (exact) mass is 702 g/mol. The highest BCUT2D eigenvalue weighted by atomic mass is 32.2. The predicted octanol–water partition coefficient (Wildman–Crippen LogP) is 3.73. The van der Waals surface area contributed by atoms with Crippen LogP contribution in [-0.4, -0.2) is 59.1 Å². The van der Waals surface area contributed by atoms with Gasteiger partial charge in [0.25, 0.3) is 21.5 Å². The number of benzene rings is 2. The number of sulfonamides is 1. The van der Waals surface area contributed by atoms with Gasteiger partial charge in [-0.25, -0.2) is 17.9 Å². The topological polar surface area (TPSA) is 195 Å². The van der Waals surface area contributed by atoms with E-state index in [1.54, 1.807) is 19.9 Å². The summed E-state index contributed by atoms with van der Waals surface area (Å²) < 4.78 is 36.8. The smallest absolute Gasteiger partial charge is 0.326 e. The zero-order valence-electron chi connectivity index (χ0n) is 28.7. The average Bonchev–Trinajstić information content (AvgIpc) is 3.05. The van der Waals surface area contributed by atoms with Crippen molar-refractivity contribution >= 4 is 38.8 Å². The third kappa shape index (κ3) is 7.80. The van der Waals surface area contributed by atoms with Crippen LogP contribution in [-0.2, 0) is 27.8 Å². The van der Waals surface area contributed by atoms with Crippen LogP contribution in [0.4, 0.5) is 0 Å². The Bertz CT molecular complexity index is 2180. The zero-order chi connectivity index (χ0) is 36.4. The number of para-hydroxylation sites is 1. The number of carbonyl (C=O) groups excluding carboxylic acids is 1. The van der Waals surface area contributed by atoms with Crippen molar-refractivity contribution in [3.05, 3.63) is 98.6 Å². The van der Waals surface area contributed by atoms with Crippen molar-refractivity contribution in [2.45, 2.75) is 83.4 Å². The van der Waals surface area contributed by atoms with Gasteiger partial charge < -0.3 is 25.5 Å². The number of hydrogen-bond donors (Lipinski definition) is 4. The zero-order valence-corrected chi connectivity index (χ0v) is 29.6. The molecule has 1 atom stereocenters. The first-order chi connectivity index (χ1) is 23.6. The number of carboxylic acids is 1. The Kier molecular flexibility index (Phi) is 10.3. The van der Waals surface area contributed by atoms with Crippen molar-refractivity contribution in [1.82, 2.24) is 19.6 Å². The fourth-order valence-corrected chi connectivity index (χ4v) is 7.69. The second kappa shape index (κ2) is 14.3. The number of fused-ring (bicyclic) bond motifs is 2. The van der Waals surface area contributed by atoms with Crippen LogP contribution >= 0.6 is 0 Å². The van der Waals surface area contributed by atoms with E-state index in [9.17, 15) is 27.9 Å². The SMILES string of the molecule is Cc1c(C)c(S(=O)(=O)NC(N)=NCCC[C@H](NC(=O)c2cccn(Cc3ccc4ccccc4n3)c2=O)C(=O)O)c(C)c2c1OC(C)(C)CC2. The molecule has 5 rings (SSSR count). The molecule has 5 N–H and O–H groups in total. The molecule has 0 fully saturated rings. The Balaban J connectivity index is 1.21. The molecule has 1 aliphatic rings. The van der Waals surface area contributed by atoms with E-state index >= 15 is 0 Å². The summed E-state index contributed by atoms with van der Waals surface area (Å²) in [6.07, 6.45) is 3.04. The molecule has 2 aromatic carbocycles. The van der Waals surface area contributed by atoms with E-state index in [0.29, 0.717) is 29.0 Å². The minimum atomic E-state index is -4.10. The van der Waals surface area contributed by atoms with Crippen molar-refractivity contribution in [1.29, 1.82) is 0 Å². The van der Waals surface area contributed by atoms with Gasteiger partial charge in [0.1, 0.15) is 23.0 Å². The number of nitrogens with one attached hydrogen (secondary N) is 2. The molecule has 0 unspecified atom stereocenters. The minimum absolute atomic E-state index is 0.0188. The Hall–Kier alpha value is -5.24. The number of nitrogens with two attached hydrogens (primary N) is 1. The first-order valence-corrected chi connectivity index (χ1v) is 17.8. The maximum Gasteiger partial charge on any atom is 0.326 e. The molecule has 2 aromatic heterocycles. The predicted molar refractivity (Wildman–Crippen MR) is 190 cm³/mol. The second-order valence-electron chi connectivity index (χ2n) is 13.1. The number of guanidine groups is 1. The van der Waals surface area contributed by atoms with Crippen LogP contribution in [0.25, 0.3) is 10.9 Å². The molecule has 14 heteroatoms. The first kappa shape index (κ1) is 36.1. The van der Waals surface area contributed by atoms with E-state index in [2.05, 4.69) is 20.0 Å². The highest BCUT2D eigenvalue weighted by Gasteiger charge is 2.33. The first-order valence-electron chi connectivity index (χ1n) is 16.3. The molecule has 264 valence electrons. The average molecular weight is 703 g/mol. The Labute approximate surface area is 290 Å². The van der Waals surface area contributed by atoms with E-state index in [0.717, 1.165) is 28.5 Å². The quantitative estimate of drug-likeness (QED) is 0.102. The molecule has 0 spiro atoms. The van der Waals surface area contributed by atoms with Gasteiger partial charge in [-0.3, -0.25) is 19.6 Å². The number of carboxylic acid groups (broad SMARTS) is 1. The van der Waals surface area contributed by atoms with Gasteiger partial charge in [0.15, 0.2) is 0 Å². The second-order valence-corrected chi connectivity index (χ2v) is 14.7. The maximum atomic E-state index is 13.5. The molecule has 1 amide bonds. The van der Waals surface area contributed by atoms with Crippen LogP contribution in [0, 0.1) is 20.8 Å². The van der Waals surface area contributed by atoms with E-state index in [4.69, 9.17) is 10.5 Å². The van der Waals surface area contributed by atoms with Crippen molar-refractivity contribution in [3.8, 4) is 5.75 Å². The lowest BCUT2D eigenvalue weighted by molar-refractivity contribution is -0.139. The van der Waals surface area contributed by atoms with Crippen molar-refractivity contribution < 1.29 is 27.9 Å². The van der Waals surface area contributed by atoms with Crippen LogP contribution in [0.15, 0.2) is 69.4 Å². The lowest BCUT2D eigenvalue weighted by Crippen LogP contribution is -2.43. The minimum Gasteiger partial charge on any atom is -0.487 e. The summed E-state index contributed by atoms with van der Waals surface area (Å²) in [5.41, 5.74) is 8.93. The van der Waals surface area contributed by atoms with Gasteiger partial charge in [0.2, 0.25) is 5.96 Å². The Morgan fingerprint density at radius 1 is 1.08 bits per heavy atom. The van der Waals surface area contributed by atoms with Crippen LogP contribution in [0.5, 0.6) is 5.75 Å². The summed E-state index contributed by atoms with van der Waals surface area (Å²) in [5, 5.41) is 13.2. The summed E-state index contributed by atoms with van der Waals surface area (Å²) in [6, 6.07) is 12.8. The normalized spacial score (nSPS) is 14.8. The molecular weight excluding hydrogens is 660 g/mol. The Morgan fingerprint density at radius 2 is 1.82 bits per heavy atom. The van der Waals surface area contributed by atoms with Crippen molar-refractivity contribution in [2.24, 2.45) is 10.7 Å². The molecule has 0 radical (unpaired) electrons.